The predicted molar refractivity (Wildman–Crippen MR) is 114 cm³/mol. The fraction of sp³-hybridized carbons (Fsp3) is 0.381. The average Bonchev–Trinajstić information content (AvgIpc) is 3.37. The molecule has 0 saturated heterocycles. The van der Waals surface area contributed by atoms with Crippen LogP contribution in [0.2, 0.25) is 0 Å². The second-order valence-corrected chi connectivity index (χ2v) is 8.13. The molecule has 2 aromatic rings. The van der Waals surface area contributed by atoms with Crippen molar-refractivity contribution in [1.82, 2.24) is 15.2 Å². The van der Waals surface area contributed by atoms with Crippen LogP contribution in [0.1, 0.15) is 36.8 Å². The van der Waals surface area contributed by atoms with E-state index in [1.54, 1.807) is 25.5 Å². The van der Waals surface area contributed by atoms with E-state index in [2.05, 4.69) is 10.4 Å². The van der Waals surface area contributed by atoms with E-state index in [1.807, 2.05) is 55.6 Å². The number of para-hydroxylation sites is 1. The van der Waals surface area contributed by atoms with E-state index < -0.39 is 0 Å². The van der Waals surface area contributed by atoms with Gasteiger partial charge in [0.1, 0.15) is 12.3 Å². The zero-order valence-corrected chi connectivity index (χ0v) is 17.9. The number of hydrogen-bond acceptors (Lipinski definition) is 5. The largest absolute Gasteiger partial charge is 0.496 e. The molecule has 0 fully saturated rings. The van der Waals surface area contributed by atoms with Crippen LogP contribution in [-0.2, 0) is 4.79 Å². The number of urea groups is 1. The van der Waals surface area contributed by atoms with Crippen LogP contribution < -0.4 is 10.1 Å². The maximum atomic E-state index is 13.1. The van der Waals surface area contributed by atoms with Crippen LogP contribution in [0, 0.1) is 0 Å². The minimum absolute atomic E-state index is 0.00313. The Kier molecular flexibility index (Phi) is 6.53. The Morgan fingerprint density at radius 2 is 2.07 bits per heavy atom. The number of carbonyl (C=O) groups is 2. The van der Waals surface area contributed by atoms with Gasteiger partial charge in [0.05, 0.1) is 23.7 Å². The van der Waals surface area contributed by atoms with Crippen LogP contribution in [0.4, 0.5) is 4.79 Å². The van der Waals surface area contributed by atoms with Gasteiger partial charge in [-0.1, -0.05) is 24.3 Å². The summed E-state index contributed by atoms with van der Waals surface area (Å²) >= 11 is 1.59. The van der Waals surface area contributed by atoms with Crippen molar-refractivity contribution in [3.05, 3.63) is 52.2 Å². The van der Waals surface area contributed by atoms with E-state index in [0.717, 1.165) is 16.2 Å². The maximum absolute atomic E-state index is 13.1. The molecule has 7 nitrogen and oxygen atoms in total. The first-order valence-electron chi connectivity index (χ1n) is 9.48. The Morgan fingerprint density at radius 1 is 1.31 bits per heavy atom. The van der Waals surface area contributed by atoms with Gasteiger partial charge >= 0.3 is 6.03 Å². The number of nitrogens with one attached hydrogen (secondary N) is 1. The summed E-state index contributed by atoms with van der Waals surface area (Å²) in [5.41, 5.74) is 1.76. The summed E-state index contributed by atoms with van der Waals surface area (Å²) in [5, 5.41) is 10.9. The Morgan fingerprint density at radius 3 is 2.72 bits per heavy atom. The molecular weight excluding hydrogens is 388 g/mol. The molecule has 3 rings (SSSR count). The molecule has 8 heteroatoms. The number of hydrogen-bond donors (Lipinski definition) is 1. The molecule has 1 atom stereocenters. The first-order chi connectivity index (χ1) is 13.9. The van der Waals surface area contributed by atoms with Crippen LogP contribution >= 0.6 is 11.3 Å². The van der Waals surface area contributed by atoms with Crippen molar-refractivity contribution in [2.45, 2.75) is 32.4 Å². The van der Waals surface area contributed by atoms with Gasteiger partial charge in [-0.15, -0.1) is 11.3 Å². The Labute approximate surface area is 175 Å². The third-order valence-corrected chi connectivity index (χ3v) is 5.52. The van der Waals surface area contributed by atoms with Gasteiger partial charge in [0.15, 0.2) is 0 Å². The lowest BCUT2D eigenvalue weighted by atomic mass is 10.00. The molecule has 1 N–H and O–H groups in total. The van der Waals surface area contributed by atoms with Gasteiger partial charge < -0.3 is 15.0 Å². The molecule has 29 heavy (non-hydrogen) atoms. The summed E-state index contributed by atoms with van der Waals surface area (Å²) in [5.74, 6) is 0.470. The first kappa shape index (κ1) is 20.9. The van der Waals surface area contributed by atoms with Gasteiger partial charge in [0, 0.05) is 25.1 Å². The van der Waals surface area contributed by atoms with Crippen LogP contribution in [0.5, 0.6) is 5.75 Å². The van der Waals surface area contributed by atoms with Gasteiger partial charge in [-0.25, -0.2) is 9.80 Å². The third-order valence-electron chi connectivity index (χ3n) is 4.60. The number of amides is 3. The van der Waals surface area contributed by atoms with Gasteiger partial charge in [-0.2, -0.15) is 5.10 Å². The molecule has 154 valence electrons. The van der Waals surface area contributed by atoms with E-state index >= 15 is 0 Å². The molecule has 0 radical (unpaired) electrons. The minimum Gasteiger partial charge on any atom is -0.496 e. The number of rotatable bonds is 6. The highest BCUT2D eigenvalue weighted by molar-refractivity contribution is 7.12. The van der Waals surface area contributed by atoms with Crippen molar-refractivity contribution < 1.29 is 14.3 Å². The third kappa shape index (κ3) is 4.76. The number of hydrazone groups is 1. The molecule has 0 aliphatic carbocycles. The standard InChI is InChI=1S/C21H26N4O3S/c1-14(2)22-21(27)24(3)13-20(26)25-17(15-8-5-6-9-18(15)28-4)12-16(23-25)19-10-7-11-29-19/h5-11,14,17H,12-13H2,1-4H3,(H,22,27). The maximum Gasteiger partial charge on any atom is 0.317 e. The monoisotopic (exact) mass is 414 g/mol. The summed E-state index contributed by atoms with van der Waals surface area (Å²) in [6.45, 7) is 3.69. The van der Waals surface area contributed by atoms with Gasteiger partial charge in [-0.3, -0.25) is 4.79 Å². The predicted octanol–water partition coefficient (Wildman–Crippen LogP) is 3.48. The zero-order chi connectivity index (χ0) is 21.0. The van der Waals surface area contributed by atoms with Gasteiger partial charge in [0.25, 0.3) is 5.91 Å². The van der Waals surface area contributed by atoms with Crippen molar-refractivity contribution in [3.63, 3.8) is 0 Å². The SMILES string of the molecule is COc1ccccc1C1CC(c2cccs2)=NN1C(=O)CN(C)C(=O)NC(C)C. The normalized spacial score (nSPS) is 16.0. The summed E-state index contributed by atoms with van der Waals surface area (Å²) in [6, 6.07) is 11.0. The second kappa shape index (κ2) is 9.09. The molecule has 1 aromatic carbocycles. The number of carbonyl (C=O) groups excluding carboxylic acids is 2. The Bertz CT molecular complexity index is 895. The molecule has 2 heterocycles. The van der Waals surface area contributed by atoms with Gasteiger partial charge in [-0.05, 0) is 31.4 Å². The second-order valence-electron chi connectivity index (χ2n) is 7.18. The molecule has 1 aliphatic heterocycles. The molecule has 0 saturated carbocycles. The smallest absolute Gasteiger partial charge is 0.317 e. The number of nitrogens with zero attached hydrogens (tertiary/aromatic N) is 3. The van der Waals surface area contributed by atoms with Crippen molar-refractivity contribution in [2.24, 2.45) is 5.10 Å². The van der Waals surface area contributed by atoms with E-state index in [4.69, 9.17) is 4.74 Å². The molecule has 1 aliphatic rings. The molecular formula is C21H26N4O3S. The van der Waals surface area contributed by atoms with Crippen LogP contribution in [0.15, 0.2) is 46.9 Å². The number of thiophene rings is 1. The minimum atomic E-state index is -0.288. The van der Waals surface area contributed by atoms with Crippen LogP contribution in [0.25, 0.3) is 0 Å². The van der Waals surface area contributed by atoms with Crippen molar-refractivity contribution in [3.8, 4) is 5.75 Å². The fourth-order valence-electron chi connectivity index (χ4n) is 3.22. The number of methoxy groups -OCH3 is 1. The first-order valence-corrected chi connectivity index (χ1v) is 10.4. The van der Waals surface area contributed by atoms with Crippen LogP contribution in [-0.4, -0.2) is 54.3 Å². The van der Waals surface area contributed by atoms with Gasteiger partial charge in [0.2, 0.25) is 0 Å². The average molecular weight is 415 g/mol. The number of likely N-dealkylation sites (N-methyl/N-ethyl adjacent to an activating group) is 1. The number of benzene rings is 1. The Hall–Kier alpha value is -2.87. The number of ether oxygens (including phenoxy) is 1. The van der Waals surface area contributed by atoms with E-state index in [1.165, 1.54) is 9.91 Å². The quantitative estimate of drug-likeness (QED) is 0.786. The van der Waals surface area contributed by atoms with E-state index in [0.29, 0.717) is 12.2 Å². The highest BCUT2D eigenvalue weighted by atomic mass is 32.1. The van der Waals surface area contributed by atoms with Crippen molar-refractivity contribution >= 4 is 29.0 Å². The lowest BCUT2D eigenvalue weighted by Crippen LogP contribution is -2.45. The fourth-order valence-corrected chi connectivity index (χ4v) is 3.94. The van der Waals surface area contributed by atoms with Crippen LogP contribution in [0.3, 0.4) is 0 Å². The molecule has 1 aromatic heterocycles. The molecule has 0 spiro atoms. The lowest BCUT2D eigenvalue weighted by molar-refractivity contribution is -0.133. The highest BCUT2D eigenvalue weighted by Gasteiger charge is 2.35. The molecule has 0 bridgehead atoms. The van der Waals surface area contributed by atoms with Crippen molar-refractivity contribution in [2.75, 3.05) is 20.7 Å². The zero-order valence-electron chi connectivity index (χ0n) is 17.1. The Balaban J connectivity index is 1.86. The van der Waals surface area contributed by atoms with Crippen molar-refractivity contribution in [1.29, 1.82) is 0 Å². The topological polar surface area (TPSA) is 74.2 Å². The summed E-state index contributed by atoms with van der Waals surface area (Å²) in [6.07, 6.45) is 0.592. The van der Waals surface area contributed by atoms with E-state index in [9.17, 15) is 9.59 Å². The molecule has 1 unspecified atom stereocenters. The lowest BCUT2D eigenvalue weighted by Gasteiger charge is -2.26. The summed E-state index contributed by atoms with van der Waals surface area (Å²) < 4.78 is 5.51. The molecule has 3 amide bonds. The van der Waals surface area contributed by atoms with E-state index in [-0.39, 0.29) is 30.6 Å². The summed E-state index contributed by atoms with van der Waals surface area (Å²) in [4.78, 5) is 27.7. The summed E-state index contributed by atoms with van der Waals surface area (Å²) in [7, 11) is 3.22. The highest BCUT2D eigenvalue weighted by Crippen LogP contribution is 2.37.